The second kappa shape index (κ2) is 7.10. The lowest BCUT2D eigenvalue weighted by Crippen LogP contribution is -2.49. The minimum absolute atomic E-state index is 0.0215. The van der Waals surface area contributed by atoms with Crippen LogP contribution in [-0.2, 0) is 9.53 Å². The molecular weight excluding hydrogens is 228 g/mol. The zero-order valence-corrected chi connectivity index (χ0v) is 11.4. The van der Waals surface area contributed by atoms with Crippen LogP contribution in [0.1, 0.15) is 45.4 Å². The van der Waals surface area contributed by atoms with E-state index in [-0.39, 0.29) is 11.9 Å². The van der Waals surface area contributed by atoms with Gasteiger partial charge in [-0.25, -0.2) is 0 Å². The molecule has 2 aliphatic heterocycles. The van der Waals surface area contributed by atoms with Gasteiger partial charge < -0.3 is 15.4 Å². The SMILES string of the molecule is CCC1CCNC(C(=O)NCCC2CCCO2)C1. The van der Waals surface area contributed by atoms with Crippen molar-refractivity contribution in [3.05, 3.63) is 0 Å². The number of hydrogen-bond donors (Lipinski definition) is 2. The maximum Gasteiger partial charge on any atom is 0.237 e. The summed E-state index contributed by atoms with van der Waals surface area (Å²) in [4.78, 5) is 12.0. The third kappa shape index (κ3) is 3.95. The molecule has 2 fully saturated rings. The molecule has 0 aromatic rings. The summed E-state index contributed by atoms with van der Waals surface area (Å²) in [5.74, 6) is 0.881. The van der Waals surface area contributed by atoms with Gasteiger partial charge in [0, 0.05) is 13.2 Å². The Labute approximate surface area is 110 Å². The van der Waals surface area contributed by atoms with E-state index in [4.69, 9.17) is 4.74 Å². The van der Waals surface area contributed by atoms with Crippen molar-refractivity contribution in [3.8, 4) is 0 Å². The van der Waals surface area contributed by atoms with Crippen LogP contribution >= 0.6 is 0 Å². The van der Waals surface area contributed by atoms with Crippen LogP contribution in [0.4, 0.5) is 0 Å². The lowest BCUT2D eigenvalue weighted by Gasteiger charge is -2.28. The minimum atomic E-state index is 0.0215. The van der Waals surface area contributed by atoms with Crippen LogP contribution in [-0.4, -0.2) is 37.7 Å². The normalized spacial score (nSPS) is 32.4. The highest BCUT2D eigenvalue weighted by molar-refractivity contribution is 5.81. The van der Waals surface area contributed by atoms with Crippen LogP contribution in [0.2, 0.25) is 0 Å². The summed E-state index contributed by atoms with van der Waals surface area (Å²) in [6, 6.07) is 0.0215. The predicted octanol–water partition coefficient (Wildman–Crippen LogP) is 1.45. The van der Waals surface area contributed by atoms with Crippen molar-refractivity contribution in [2.24, 2.45) is 5.92 Å². The third-order valence-electron chi connectivity index (χ3n) is 4.20. The Bertz CT molecular complexity index is 265. The molecule has 0 radical (unpaired) electrons. The van der Waals surface area contributed by atoms with Crippen LogP contribution in [0, 0.1) is 5.92 Å². The van der Waals surface area contributed by atoms with Gasteiger partial charge >= 0.3 is 0 Å². The number of amides is 1. The van der Waals surface area contributed by atoms with Gasteiger partial charge in [-0.1, -0.05) is 13.3 Å². The molecule has 2 rings (SSSR count). The number of carbonyl (C=O) groups excluding carboxylic acids is 1. The molecule has 0 aromatic heterocycles. The second-order valence-corrected chi connectivity index (χ2v) is 5.52. The van der Waals surface area contributed by atoms with Gasteiger partial charge in [0.1, 0.15) is 0 Å². The standard InChI is InChI=1S/C14H26N2O2/c1-2-11-5-7-15-13(10-11)14(17)16-8-6-12-4-3-9-18-12/h11-13,15H,2-10H2,1H3,(H,16,17). The Kier molecular flexibility index (Phi) is 5.45. The van der Waals surface area contributed by atoms with E-state index in [1.807, 2.05) is 0 Å². The highest BCUT2D eigenvalue weighted by Gasteiger charge is 2.25. The number of ether oxygens (including phenoxy) is 1. The van der Waals surface area contributed by atoms with E-state index in [1.54, 1.807) is 0 Å². The van der Waals surface area contributed by atoms with Gasteiger partial charge in [0.15, 0.2) is 0 Å². The molecule has 3 unspecified atom stereocenters. The Balaban J connectivity index is 1.64. The summed E-state index contributed by atoms with van der Waals surface area (Å²) >= 11 is 0. The Morgan fingerprint density at radius 2 is 2.33 bits per heavy atom. The minimum Gasteiger partial charge on any atom is -0.378 e. The molecule has 0 aromatic carbocycles. The fourth-order valence-electron chi connectivity index (χ4n) is 2.92. The van der Waals surface area contributed by atoms with E-state index in [0.29, 0.717) is 12.0 Å². The van der Waals surface area contributed by atoms with Crippen LogP contribution in [0.25, 0.3) is 0 Å². The topological polar surface area (TPSA) is 50.4 Å². The fraction of sp³-hybridized carbons (Fsp3) is 0.929. The van der Waals surface area contributed by atoms with E-state index in [9.17, 15) is 4.79 Å². The molecule has 2 saturated heterocycles. The number of carbonyl (C=O) groups is 1. The summed E-state index contributed by atoms with van der Waals surface area (Å²) in [5, 5.41) is 6.36. The van der Waals surface area contributed by atoms with E-state index in [0.717, 1.165) is 39.0 Å². The molecule has 104 valence electrons. The zero-order valence-electron chi connectivity index (χ0n) is 11.4. The van der Waals surface area contributed by atoms with Crippen molar-refractivity contribution in [3.63, 3.8) is 0 Å². The summed E-state index contributed by atoms with van der Waals surface area (Å²) in [6.07, 6.45) is 7.01. The maximum atomic E-state index is 12.0. The molecule has 18 heavy (non-hydrogen) atoms. The van der Waals surface area contributed by atoms with Crippen molar-refractivity contribution in [1.82, 2.24) is 10.6 Å². The average molecular weight is 254 g/mol. The molecule has 0 spiro atoms. The Hall–Kier alpha value is -0.610. The Morgan fingerprint density at radius 3 is 3.06 bits per heavy atom. The highest BCUT2D eigenvalue weighted by Crippen LogP contribution is 2.19. The zero-order chi connectivity index (χ0) is 12.8. The van der Waals surface area contributed by atoms with Gasteiger partial charge in [0.2, 0.25) is 5.91 Å². The van der Waals surface area contributed by atoms with Crippen LogP contribution in [0.3, 0.4) is 0 Å². The molecular formula is C14H26N2O2. The van der Waals surface area contributed by atoms with Gasteiger partial charge in [-0.3, -0.25) is 4.79 Å². The van der Waals surface area contributed by atoms with Gasteiger partial charge in [0.25, 0.3) is 0 Å². The first-order valence-corrected chi connectivity index (χ1v) is 7.42. The van der Waals surface area contributed by atoms with Gasteiger partial charge in [-0.2, -0.15) is 0 Å². The van der Waals surface area contributed by atoms with Crippen molar-refractivity contribution in [2.75, 3.05) is 19.7 Å². The summed E-state index contributed by atoms with van der Waals surface area (Å²) in [6.45, 7) is 4.82. The number of hydrogen-bond acceptors (Lipinski definition) is 3. The average Bonchev–Trinajstić information content (AvgIpc) is 2.92. The monoisotopic (exact) mass is 254 g/mol. The number of piperidine rings is 1. The Morgan fingerprint density at radius 1 is 1.44 bits per heavy atom. The molecule has 2 aliphatic rings. The van der Waals surface area contributed by atoms with Crippen molar-refractivity contribution < 1.29 is 9.53 Å². The fourth-order valence-corrected chi connectivity index (χ4v) is 2.92. The molecule has 2 N–H and O–H groups in total. The van der Waals surface area contributed by atoms with E-state index in [2.05, 4.69) is 17.6 Å². The van der Waals surface area contributed by atoms with E-state index in [1.165, 1.54) is 19.3 Å². The molecule has 4 nitrogen and oxygen atoms in total. The molecule has 3 atom stereocenters. The smallest absolute Gasteiger partial charge is 0.237 e. The van der Waals surface area contributed by atoms with E-state index < -0.39 is 0 Å². The van der Waals surface area contributed by atoms with Gasteiger partial charge in [-0.15, -0.1) is 0 Å². The van der Waals surface area contributed by atoms with Crippen LogP contribution in [0.15, 0.2) is 0 Å². The first kappa shape index (κ1) is 13.8. The molecule has 1 amide bonds. The summed E-state index contributed by atoms with van der Waals surface area (Å²) in [5.41, 5.74) is 0. The first-order valence-electron chi connectivity index (χ1n) is 7.42. The maximum absolute atomic E-state index is 12.0. The van der Waals surface area contributed by atoms with Crippen LogP contribution in [0.5, 0.6) is 0 Å². The third-order valence-corrected chi connectivity index (χ3v) is 4.20. The van der Waals surface area contributed by atoms with Crippen molar-refractivity contribution >= 4 is 5.91 Å². The highest BCUT2D eigenvalue weighted by atomic mass is 16.5. The molecule has 0 bridgehead atoms. The largest absolute Gasteiger partial charge is 0.378 e. The molecule has 4 heteroatoms. The summed E-state index contributed by atoms with van der Waals surface area (Å²) in [7, 11) is 0. The molecule has 2 heterocycles. The lowest BCUT2D eigenvalue weighted by molar-refractivity contribution is -0.124. The lowest BCUT2D eigenvalue weighted by atomic mass is 9.90. The van der Waals surface area contributed by atoms with Gasteiger partial charge in [-0.05, 0) is 44.6 Å². The first-order chi connectivity index (χ1) is 8.79. The number of rotatable bonds is 5. The van der Waals surface area contributed by atoms with Gasteiger partial charge in [0.05, 0.1) is 12.1 Å². The molecule has 0 saturated carbocycles. The van der Waals surface area contributed by atoms with Crippen molar-refractivity contribution in [1.29, 1.82) is 0 Å². The van der Waals surface area contributed by atoms with Crippen LogP contribution < -0.4 is 10.6 Å². The summed E-state index contributed by atoms with van der Waals surface area (Å²) < 4.78 is 5.55. The predicted molar refractivity (Wildman–Crippen MR) is 71.4 cm³/mol. The van der Waals surface area contributed by atoms with E-state index >= 15 is 0 Å². The quantitative estimate of drug-likeness (QED) is 0.781. The second-order valence-electron chi connectivity index (χ2n) is 5.52. The van der Waals surface area contributed by atoms with Crippen molar-refractivity contribution in [2.45, 2.75) is 57.6 Å². The molecule has 0 aliphatic carbocycles. The number of nitrogens with one attached hydrogen (secondary N) is 2.